The molecular weight excluding hydrogens is 211 g/mol. The first-order valence-corrected chi connectivity index (χ1v) is 4.98. The third-order valence-corrected chi connectivity index (χ3v) is 2.31. The number of nitrogens with two attached hydrogens (primary N) is 1. The molecule has 0 spiro atoms. The molecule has 0 bridgehead atoms. The highest BCUT2D eigenvalue weighted by atomic mass is 19.1. The summed E-state index contributed by atoms with van der Waals surface area (Å²) in [4.78, 5) is 10.5. The van der Waals surface area contributed by atoms with Crippen LogP contribution >= 0.6 is 0 Å². The molecule has 5 heteroatoms. The van der Waals surface area contributed by atoms with E-state index in [1.54, 1.807) is 12.1 Å². The van der Waals surface area contributed by atoms with Gasteiger partial charge in [-0.1, -0.05) is 12.1 Å². The first-order chi connectivity index (χ1) is 7.50. The summed E-state index contributed by atoms with van der Waals surface area (Å²) >= 11 is 0. The van der Waals surface area contributed by atoms with Gasteiger partial charge in [-0.15, -0.1) is 0 Å². The summed E-state index contributed by atoms with van der Waals surface area (Å²) in [7, 11) is 0. The molecule has 1 unspecified atom stereocenters. The summed E-state index contributed by atoms with van der Waals surface area (Å²) in [5.41, 5.74) is 6.10. The number of nitrogens with one attached hydrogen (secondary N) is 1. The quantitative estimate of drug-likeness (QED) is 0.697. The van der Waals surface area contributed by atoms with Gasteiger partial charge in [0.05, 0.1) is 0 Å². The number of aliphatic carboxylic acids is 1. The number of halogens is 1. The number of hydrogen-bond acceptors (Lipinski definition) is 3. The fraction of sp³-hybridized carbons (Fsp3) is 0.364. The molecule has 1 aromatic carbocycles. The van der Waals surface area contributed by atoms with Crippen molar-refractivity contribution < 1.29 is 14.3 Å². The van der Waals surface area contributed by atoms with E-state index in [4.69, 9.17) is 10.8 Å². The molecule has 16 heavy (non-hydrogen) atoms. The predicted molar refractivity (Wildman–Crippen MR) is 58.4 cm³/mol. The van der Waals surface area contributed by atoms with E-state index in [0.29, 0.717) is 0 Å². The van der Waals surface area contributed by atoms with Gasteiger partial charge in [0, 0.05) is 12.6 Å². The largest absolute Gasteiger partial charge is 0.480 e. The van der Waals surface area contributed by atoms with E-state index >= 15 is 0 Å². The third-order valence-electron chi connectivity index (χ3n) is 2.31. The average Bonchev–Trinajstić information content (AvgIpc) is 2.25. The Bertz CT molecular complexity index is 371. The molecule has 0 aliphatic rings. The molecule has 0 saturated heterocycles. The Morgan fingerprint density at radius 1 is 1.62 bits per heavy atom. The van der Waals surface area contributed by atoms with E-state index in [0.717, 1.165) is 5.56 Å². The van der Waals surface area contributed by atoms with Crippen LogP contribution in [0.3, 0.4) is 0 Å². The van der Waals surface area contributed by atoms with Crippen molar-refractivity contribution in [3.8, 4) is 0 Å². The van der Waals surface area contributed by atoms with Crippen LogP contribution in [0.2, 0.25) is 0 Å². The molecule has 2 atom stereocenters. The molecule has 0 aliphatic heterocycles. The van der Waals surface area contributed by atoms with Crippen molar-refractivity contribution >= 4 is 5.97 Å². The fourth-order valence-corrected chi connectivity index (χ4v) is 1.28. The van der Waals surface area contributed by atoms with E-state index < -0.39 is 12.0 Å². The Kier molecular flexibility index (Phi) is 4.39. The summed E-state index contributed by atoms with van der Waals surface area (Å²) in [6, 6.07) is 5.06. The van der Waals surface area contributed by atoms with Crippen LogP contribution in [0.1, 0.15) is 18.5 Å². The predicted octanol–water partition coefficient (Wildman–Crippen LogP) is 0.888. The molecule has 0 fully saturated rings. The lowest BCUT2D eigenvalue weighted by molar-refractivity contribution is -0.138. The van der Waals surface area contributed by atoms with Gasteiger partial charge >= 0.3 is 5.97 Å². The molecule has 88 valence electrons. The Morgan fingerprint density at radius 2 is 2.31 bits per heavy atom. The van der Waals surface area contributed by atoms with Crippen LogP contribution < -0.4 is 11.1 Å². The molecule has 0 aliphatic carbocycles. The minimum atomic E-state index is -1.06. The monoisotopic (exact) mass is 226 g/mol. The SMILES string of the molecule is C[C@@H](NCC(N)C(=O)O)c1cccc(F)c1. The van der Waals surface area contributed by atoms with E-state index in [2.05, 4.69) is 5.32 Å². The molecule has 4 N–H and O–H groups in total. The highest BCUT2D eigenvalue weighted by molar-refractivity contribution is 5.73. The summed E-state index contributed by atoms with van der Waals surface area (Å²) in [6.07, 6.45) is 0. The van der Waals surface area contributed by atoms with E-state index in [1.807, 2.05) is 6.92 Å². The van der Waals surface area contributed by atoms with Crippen LogP contribution in [-0.4, -0.2) is 23.7 Å². The van der Waals surface area contributed by atoms with Crippen molar-refractivity contribution in [1.82, 2.24) is 5.32 Å². The number of rotatable bonds is 5. The molecule has 0 amide bonds. The minimum absolute atomic E-state index is 0.138. The fourth-order valence-electron chi connectivity index (χ4n) is 1.28. The van der Waals surface area contributed by atoms with Gasteiger partial charge < -0.3 is 16.2 Å². The lowest BCUT2D eigenvalue weighted by Crippen LogP contribution is -2.41. The highest BCUT2D eigenvalue weighted by Gasteiger charge is 2.13. The van der Waals surface area contributed by atoms with Gasteiger partial charge in [0.15, 0.2) is 0 Å². The minimum Gasteiger partial charge on any atom is -0.480 e. The second-order valence-electron chi connectivity index (χ2n) is 3.63. The smallest absolute Gasteiger partial charge is 0.321 e. The zero-order chi connectivity index (χ0) is 12.1. The first kappa shape index (κ1) is 12.6. The van der Waals surface area contributed by atoms with Crippen LogP contribution in [-0.2, 0) is 4.79 Å². The molecule has 0 saturated carbocycles. The zero-order valence-electron chi connectivity index (χ0n) is 8.98. The van der Waals surface area contributed by atoms with Crippen LogP contribution in [0.15, 0.2) is 24.3 Å². The third kappa shape index (κ3) is 3.60. The number of carboxylic acids is 1. The van der Waals surface area contributed by atoms with Crippen molar-refractivity contribution in [3.63, 3.8) is 0 Å². The van der Waals surface area contributed by atoms with Crippen LogP contribution in [0, 0.1) is 5.82 Å². The summed E-state index contributed by atoms with van der Waals surface area (Å²) in [5, 5.41) is 11.5. The molecule has 0 heterocycles. The van der Waals surface area contributed by atoms with Gasteiger partial charge in [-0.2, -0.15) is 0 Å². The zero-order valence-corrected chi connectivity index (χ0v) is 8.98. The highest BCUT2D eigenvalue weighted by Crippen LogP contribution is 2.12. The van der Waals surface area contributed by atoms with E-state index in [-0.39, 0.29) is 18.4 Å². The number of benzene rings is 1. The standard InChI is InChI=1S/C11H15FN2O2/c1-7(14-6-10(13)11(15)16)8-3-2-4-9(12)5-8/h2-5,7,10,14H,6,13H2,1H3,(H,15,16)/t7-,10?/m1/s1. The van der Waals surface area contributed by atoms with Crippen molar-refractivity contribution in [2.75, 3.05) is 6.54 Å². The number of hydrogen-bond donors (Lipinski definition) is 3. The number of carbonyl (C=O) groups is 1. The Hall–Kier alpha value is -1.46. The Morgan fingerprint density at radius 3 is 2.88 bits per heavy atom. The van der Waals surface area contributed by atoms with Crippen molar-refractivity contribution in [2.24, 2.45) is 5.73 Å². The topological polar surface area (TPSA) is 75.3 Å². The molecule has 1 aromatic rings. The molecule has 0 radical (unpaired) electrons. The maximum Gasteiger partial charge on any atom is 0.321 e. The van der Waals surface area contributed by atoms with Gasteiger partial charge in [0.25, 0.3) is 0 Å². The van der Waals surface area contributed by atoms with Crippen LogP contribution in [0.4, 0.5) is 4.39 Å². The van der Waals surface area contributed by atoms with Crippen molar-refractivity contribution in [1.29, 1.82) is 0 Å². The Labute approximate surface area is 93.3 Å². The summed E-state index contributed by atoms with van der Waals surface area (Å²) in [6.45, 7) is 1.97. The van der Waals surface area contributed by atoms with Gasteiger partial charge in [-0.3, -0.25) is 4.79 Å². The second kappa shape index (κ2) is 5.58. The maximum absolute atomic E-state index is 12.9. The second-order valence-corrected chi connectivity index (χ2v) is 3.63. The van der Waals surface area contributed by atoms with Crippen molar-refractivity contribution in [2.45, 2.75) is 19.0 Å². The van der Waals surface area contributed by atoms with Crippen LogP contribution in [0.25, 0.3) is 0 Å². The van der Waals surface area contributed by atoms with E-state index in [9.17, 15) is 9.18 Å². The lowest BCUT2D eigenvalue weighted by Gasteiger charge is -2.15. The molecule has 0 aromatic heterocycles. The number of carboxylic acid groups (broad SMARTS) is 1. The first-order valence-electron chi connectivity index (χ1n) is 4.98. The molecule has 1 rings (SSSR count). The average molecular weight is 226 g/mol. The normalized spacial score (nSPS) is 14.4. The van der Waals surface area contributed by atoms with Gasteiger partial charge in [-0.25, -0.2) is 4.39 Å². The van der Waals surface area contributed by atoms with Gasteiger partial charge in [0.1, 0.15) is 11.9 Å². The lowest BCUT2D eigenvalue weighted by atomic mass is 10.1. The summed E-state index contributed by atoms with van der Waals surface area (Å²) < 4.78 is 12.9. The Balaban J connectivity index is 2.52. The van der Waals surface area contributed by atoms with E-state index in [1.165, 1.54) is 12.1 Å². The molecule has 4 nitrogen and oxygen atoms in total. The summed E-state index contributed by atoms with van der Waals surface area (Å²) in [5.74, 6) is -1.37. The maximum atomic E-state index is 12.9. The van der Waals surface area contributed by atoms with Crippen molar-refractivity contribution in [3.05, 3.63) is 35.6 Å². The van der Waals surface area contributed by atoms with Gasteiger partial charge in [-0.05, 0) is 24.6 Å². The van der Waals surface area contributed by atoms with Gasteiger partial charge in [0.2, 0.25) is 0 Å². The van der Waals surface area contributed by atoms with Crippen LogP contribution in [0.5, 0.6) is 0 Å². The molecular formula is C11H15FN2O2.